The van der Waals surface area contributed by atoms with Crippen molar-refractivity contribution in [3.63, 3.8) is 0 Å². The van der Waals surface area contributed by atoms with E-state index in [-0.39, 0.29) is 12.4 Å². The van der Waals surface area contributed by atoms with Crippen LogP contribution in [0.3, 0.4) is 0 Å². The van der Waals surface area contributed by atoms with Crippen LogP contribution < -0.4 is 10.6 Å². The SMILES string of the molecule is O=C(Nc1ccc(F)cc1)Nc1cccc2c1COC2=O. The second-order valence-corrected chi connectivity index (χ2v) is 4.49. The molecule has 2 aromatic carbocycles. The van der Waals surface area contributed by atoms with Gasteiger partial charge in [-0.25, -0.2) is 14.0 Å². The fourth-order valence-electron chi connectivity index (χ4n) is 2.08. The molecule has 21 heavy (non-hydrogen) atoms. The van der Waals surface area contributed by atoms with Crippen molar-refractivity contribution < 1.29 is 18.7 Å². The van der Waals surface area contributed by atoms with Gasteiger partial charge in [-0.2, -0.15) is 0 Å². The van der Waals surface area contributed by atoms with Gasteiger partial charge in [-0.05, 0) is 36.4 Å². The van der Waals surface area contributed by atoms with Gasteiger partial charge in [0.1, 0.15) is 12.4 Å². The number of carbonyl (C=O) groups is 2. The summed E-state index contributed by atoms with van der Waals surface area (Å²) in [7, 11) is 0. The first-order chi connectivity index (χ1) is 10.1. The minimum atomic E-state index is -0.477. The van der Waals surface area contributed by atoms with Gasteiger partial charge in [0.15, 0.2) is 0 Å². The number of amides is 2. The van der Waals surface area contributed by atoms with Crippen molar-refractivity contribution in [3.05, 3.63) is 59.4 Å². The van der Waals surface area contributed by atoms with Crippen LogP contribution in [-0.2, 0) is 11.3 Å². The predicted molar refractivity (Wildman–Crippen MR) is 74.6 cm³/mol. The highest BCUT2D eigenvalue weighted by atomic mass is 19.1. The van der Waals surface area contributed by atoms with Crippen LogP contribution >= 0.6 is 0 Å². The molecule has 6 heteroatoms. The van der Waals surface area contributed by atoms with Crippen molar-refractivity contribution in [2.45, 2.75) is 6.61 Å². The summed E-state index contributed by atoms with van der Waals surface area (Å²) in [5, 5.41) is 5.23. The van der Waals surface area contributed by atoms with Crippen LogP contribution in [0, 0.1) is 5.82 Å². The second kappa shape index (κ2) is 5.24. The molecule has 0 atom stereocenters. The summed E-state index contributed by atoms with van der Waals surface area (Å²) in [5.74, 6) is -0.773. The van der Waals surface area contributed by atoms with Crippen LogP contribution in [0.4, 0.5) is 20.6 Å². The summed E-state index contributed by atoms with van der Waals surface area (Å²) in [6, 6.07) is 9.94. The van der Waals surface area contributed by atoms with E-state index in [0.29, 0.717) is 22.5 Å². The highest BCUT2D eigenvalue weighted by molar-refractivity contribution is 6.02. The topological polar surface area (TPSA) is 67.4 Å². The molecule has 0 saturated heterocycles. The number of halogens is 1. The van der Waals surface area contributed by atoms with Crippen molar-refractivity contribution in [1.82, 2.24) is 0 Å². The Bertz CT molecular complexity index is 713. The number of esters is 1. The third kappa shape index (κ3) is 2.69. The fraction of sp³-hybridized carbons (Fsp3) is 0.0667. The van der Waals surface area contributed by atoms with Gasteiger partial charge in [-0.3, -0.25) is 0 Å². The standard InChI is InChI=1S/C15H11FN2O3/c16-9-4-6-10(7-5-9)17-15(20)18-13-3-1-2-11-12(13)8-21-14(11)19/h1-7H,8H2,(H2,17,18,20). The second-order valence-electron chi connectivity index (χ2n) is 4.49. The number of hydrogen-bond acceptors (Lipinski definition) is 3. The minimum Gasteiger partial charge on any atom is -0.457 e. The van der Waals surface area contributed by atoms with E-state index in [1.54, 1.807) is 18.2 Å². The lowest BCUT2D eigenvalue weighted by Gasteiger charge is -2.10. The van der Waals surface area contributed by atoms with Gasteiger partial charge in [0.05, 0.1) is 5.56 Å². The molecule has 3 rings (SSSR count). The first-order valence-corrected chi connectivity index (χ1v) is 6.26. The molecule has 106 valence electrons. The molecular weight excluding hydrogens is 275 g/mol. The predicted octanol–water partition coefficient (Wildman–Crippen LogP) is 3.14. The number of hydrogen-bond donors (Lipinski definition) is 2. The van der Waals surface area contributed by atoms with E-state index in [4.69, 9.17) is 4.74 Å². The normalized spacial score (nSPS) is 12.5. The zero-order chi connectivity index (χ0) is 14.8. The Kier molecular flexibility index (Phi) is 3.27. The molecule has 1 aliphatic rings. The lowest BCUT2D eigenvalue weighted by molar-refractivity contribution is 0.0535. The Hall–Kier alpha value is -2.89. The maximum atomic E-state index is 12.8. The van der Waals surface area contributed by atoms with E-state index in [1.807, 2.05) is 0 Å². The molecule has 1 heterocycles. The molecule has 0 fully saturated rings. The molecule has 2 N–H and O–H groups in total. The highest BCUT2D eigenvalue weighted by Gasteiger charge is 2.24. The van der Waals surface area contributed by atoms with Crippen molar-refractivity contribution in [1.29, 1.82) is 0 Å². The number of cyclic esters (lactones) is 1. The van der Waals surface area contributed by atoms with Gasteiger partial charge in [0.2, 0.25) is 0 Å². The zero-order valence-electron chi connectivity index (χ0n) is 10.9. The Morgan fingerprint density at radius 3 is 2.62 bits per heavy atom. The Labute approximate surface area is 119 Å². The van der Waals surface area contributed by atoms with Crippen LogP contribution in [0.15, 0.2) is 42.5 Å². The van der Waals surface area contributed by atoms with Gasteiger partial charge in [0, 0.05) is 16.9 Å². The van der Waals surface area contributed by atoms with E-state index >= 15 is 0 Å². The van der Waals surface area contributed by atoms with E-state index < -0.39 is 12.0 Å². The van der Waals surface area contributed by atoms with Crippen molar-refractivity contribution in [2.75, 3.05) is 10.6 Å². The summed E-state index contributed by atoms with van der Waals surface area (Å²) in [6.45, 7) is 0.140. The number of ether oxygens (including phenoxy) is 1. The van der Waals surface area contributed by atoms with Gasteiger partial charge >= 0.3 is 12.0 Å². The van der Waals surface area contributed by atoms with Gasteiger partial charge in [-0.1, -0.05) is 6.07 Å². The molecule has 0 aliphatic carbocycles. The number of carbonyl (C=O) groups excluding carboxylic acids is 2. The lowest BCUT2D eigenvalue weighted by atomic mass is 10.1. The molecule has 5 nitrogen and oxygen atoms in total. The molecule has 0 saturated carbocycles. The van der Waals surface area contributed by atoms with E-state index in [2.05, 4.69) is 10.6 Å². The van der Waals surface area contributed by atoms with Crippen molar-refractivity contribution in [3.8, 4) is 0 Å². The summed E-state index contributed by atoms with van der Waals surface area (Å²) in [4.78, 5) is 23.3. The summed E-state index contributed by atoms with van der Waals surface area (Å²) in [6.07, 6.45) is 0. The van der Waals surface area contributed by atoms with Crippen LogP contribution in [0.25, 0.3) is 0 Å². The van der Waals surface area contributed by atoms with E-state index in [9.17, 15) is 14.0 Å². The minimum absolute atomic E-state index is 0.140. The van der Waals surface area contributed by atoms with Gasteiger partial charge in [-0.15, -0.1) is 0 Å². The largest absolute Gasteiger partial charge is 0.457 e. The average Bonchev–Trinajstić information content (AvgIpc) is 2.84. The van der Waals surface area contributed by atoms with Crippen molar-refractivity contribution >= 4 is 23.4 Å². The Morgan fingerprint density at radius 2 is 1.86 bits per heavy atom. The average molecular weight is 286 g/mol. The van der Waals surface area contributed by atoms with Crippen LogP contribution in [-0.4, -0.2) is 12.0 Å². The van der Waals surface area contributed by atoms with Gasteiger partial charge in [0.25, 0.3) is 0 Å². The summed E-state index contributed by atoms with van der Waals surface area (Å²) in [5.41, 5.74) is 2.08. The van der Waals surface area contributed by atoms with E-state index in [1.165, 1.54) is 24.3 Å². The van der Waals surface area contributed by atoms with E-state index in [0.717, 1.165) is 0 Å². The first kappa shape index (κ1) is 13.1. The summed E-state index contributed by atoms with van der Waals surface area (Å²) >= 11 is 0. The molecule has 0 aromatic heterocycles. The maximum absolute atomic E-state index is 12.8. The molecule has 0 bridgehead atoms. The number of rotatable bonds is 2. The number of anilines is 2. The summed E-state index contributed by atoms with van der Waals surface area (Å²) < 4.78 is 17.7. The van der Waals surface area contributed by atoms with Gasteiger partial charge < -0.3 is 15.4 Å². The molecular formula is C15H11FN2O3. The Morgan fingerprint density at radius 1 is 1.10 bits per heavy atom. The molecule has 0 radical (unpaired) electrons. The third-order valence-corrected chi connectivity index (χ3v) is 3.09. The van der Waals surface area contributed by atoms with Crippen LogP contribution in [0.5, 0.6) is 0 Å². The third-order valence-electron chi connectivity index (χ3n) is 3.09. The monoisotopic (exact) mass is 286 g/mol. The molecule has 2 aromatic rings. The number of urea groups is 1. The lowest BCUT2D eigenvalue weighted by Crippen LogP contribution is -2.20. The van der Waals surface area contributed by atoms with Crippen LogP contribution in [0.2, 0.25) is 0 Å². The quantitative estimate of drug-likeness (QED) is 0.833. The highest BCUT2D eigenvalue weighted by Crippen LogP contribution is 2.27. The number of nitrogens with one attached hydrogen (secondary N) is 2. The molecule has 1 aliphatic heterocycles. The maximum Gasteiger partial charge on any atom is 0.338 e. The molecule has 2 amide bonds. The fourth-order valence-corrected chi connectivity index (χ4v) is 2.08. The zero-order valence-corrected chi connectivity index (χ0v) is 10.9. The van der Waals surface area contributed by atoms with Crippen molar-refractivity contribution in [2.24, 2.45) is 0 Å². The number of benzene rings is 2. The van der Waals surface area contributed by atoms with Crippen LogP contribution in [0.1, 0.15) is 15.9 Å². The first-order valence-electron chi connectivity index (χ1n) is 6.26. The molecule has 0 spiro atoms. The number of fused-ring (bicyclic) bond motifs is 1. The molecule has 0 unspecified atom stereocenters. The Balaban J connectivity index is 1.74. The smallest absolute Gasteiger partial charge is 0.338 e.